The van der Waals surface area contributed by atoms with Crippen molar-refractivity contribution in [1.82, 2.24) is 0 Å². The molecule has 0 aliphatic heterocycles. The SMILES string of the molecule is CCO[Si](CCCN=Cc1ccc(C)cc1)(OCC)OCC. The molecule has 0 aromatic heterocycles. The zero-order chi connectivity index (χ0) is 16.3. The topological polar surface area (TPSA) is 40.0 Å². The fourth-order valence-corrected chi connectivity index (χ4v) is 4.80. The fourth-order valence-electron chi connectivity index (χ4n) is 2.21. The summed E-state index contributed by atoms with van der Waals surface area (Å²) in [5.41, 5.74) is 2.40. The maximum Gasteiger partial charge on any atom is 0.500 e. The van der Waals surface area contributed by atoms with Crippen LogP contribution in [-0.4, -0.2) is 41.4 Å². The number of benzene rings is 1. The van der Waals surface area contributed by atoms with Gasteiger partial charge in [-0.3, -0.25) is 4.99 Å². The van der Waals surface area contributed by atoms with Gasteiger partial charge in [0.2, 0.25) is 0 Å². The van der Waals surface area contributed by atoms with Crippen LogP contribution < -0.4 is 0 Å². The second kappa shape index (κ2) is 10.7. The van der Waals surface area contributed by atoms with Crippen LogP contribution in [-0.2, 0) is 13.3 Å². The van der Waals surface area contributed by atoms with Crippen molar-refractivity contribution in [3.63, 3.8) is 0 Å². The quantitative estimate of drug-likeness (QED) is 0.353. The van der Waals surface area contributed by atoms with Gasteiger partial charge in [0.1, 0.15) is 0 Å². The third-order valence-corrected chi connectivity index (χ3v) is 6.33. The minimum absolute atomic E-state index is 0.624. The molecule has 0 aliphatic carbocycles. The standard InChI is InChI=1S/C17H29NO3Si/c1-5-19-22(20-6-2,21-7-3)14-8-13-18-15-17-11-9-16(4)10-12-17/h9-12,15H,5-8,13-14H2,1-4H3. The summed E-state index contributed by atoms with van der Waals surface area (Å²) in [4.78, 5) is 4.49. The second-order valence-electron chi connectivity index (χ2n) is 5.03. The minimum atomic E-state index is -2.51. The van der Waals surface area contributed by atoms with Crippen LogP contribution in [0.15, 0.2) is 29.3 Å². The summed E-state index contributed by atoms with van der Waals surface area (Å²) in [5.74, 6) is 0. The molecule has 0 N–H and O–H groups in total. The van der Waals surface area contributed by atoms with E-state index in [1.54, 1.807) is 0 Å². The summed E-state index contributed by atoms with van der Waals surface area (Å²) < 4.78 is 17.5. The van der Waals surface area contributed by atoms with Crippen LogP contribution in [0.4, 0.5) is 0 Å². The van der Waals surface area contributed by atoms with Crippen molar-refractivity contribution in [2.24, 2.45) is 4.99 Å². The first-order chi connectivity index (χ1) is 10.7. The highest BCUT2D eigenvalue weighted by atomic mass is 28.4. The van der Waals surface area contributed by atoms with Gasteiger partial charge in [-0.25, -0.2) is 0 Å². The molecule has 0 aliphatic rings. The molecule has 0 spiro atoms. The van der Waals surface area contributed by atoms with Crippen LogP contribution in [0.5, 0.6) is 0 Å². The summed E-state index contributed by atoms with van der Waals surface area (Å²) >= 11 is 0. The Morgan fingerprint density at radius 2 is 1.50 bits per heavy atom. The van der Waals surface area contributed by atoms with E-state index < -0.39 is 8.80 Å². The van der Waals surface area contributed by atoms with Gasteiger partial charge in [0.05, 0.1) is 0 Å². The zero-order valence-electron chi connectivity index (χ0n) is 14.3. The second-order valence-corrected chi connectivity index (χ2v) is 7.76. The number of rotatable bonds is 11. The van der Waals surface area contributed by atoms with Crippen LogP contribution >= 0.6 is 0 Å². The molecule has 0 unspecified atom stereocenters. The van der Waals surface area contributed by atoms with E-state index in [-0.39, 0.29) is 0 Å². The molecule has 0 bridgehead atoms. The summed E-state index contributed by atoms with van der Waals surface area (Å²) in [7, 11) is -2.51. The third kappa shape index (κ3) is 6.83. The third-order valence-electron chi connectivity index (χ3n) is 3.18. The van der Waals surface area contributed by atoms with Crippen molar-refractivity contribution >= 4 is 15.0 Å². The summed E-state index contributed by atoms with van der Waals surface area (Å²) in [6.07, 6.45) is 2.83. The van der Waals surface area contributed by atoms with E-state index in [4.69, 9.17) is 13.3 Å². The largest absolute Gasteiger partial charge is 0.500 e. The number of aryl methyl sites for hydroxylation is 1. The predicted octanol–water partition coefficient (Wildman–Crippen LogP) is 3.85. The van der Waals surface area contributed by atoms with Crippen LogP contribution in [0.3, 0.4) is 0 Å². The monoisotopic (exact) mass is 323 g/mol. The summed E-state index contributed by atoms with van der Waals surface area (Å²) in [6, 6.07) is 9.17. The van der Waals surface area contributed by atoms with Crippen LogP contribution in [0, 0.1) is 6.92 Å². The van der Waals surface area contributed by atoms with Crippen molar-refractivity contribution < 1.29 is 13.3 Å². The molecule has 124 valence electrons. The van der Waals surface area contributed by atoms with Crippen LogP contribution in [0.25, 0.3) is 0 Å². The van der Waals surface area contributed by atoms with E-state index in [0.717, 1.165) is 24.6 Å². The Morgan fingerprint density at radius 1 is 0.955 bits per heavy atom. The molecule has 22 heavy (non-hydrogen) atoms. The molecule has 0 atom stereocenters. The van der Waals surface area contributed by atoms with Crippen LogP contribution in [0.1, 0.15) is 38.3 Å². The maximum atomic E-state index is 5.83. The molecular formula is C17H29NO3Si. The van der Waals surface area contributed by atoms with Gasteiger partial charge in [-0.05, 0) is 39.7 Å². The highest BCUT2D eigenvalue weighted by Gasteiger charge is 2.39. The smallest absolute Gasteiger partial charge is 0.374 e. The van der Waals surface area contributed by atoms with Gasteiger partial charge in [0.25, 0.3) is 0 Å². The van der Waals surface area contributed by atoms with Gasteiger partial charge in [-0.2, -0.15) is 0 Å². The highest BCUT2D eigenvalue weighted by molar-refractivity contribution is 6.60. The highest BCUT2D eigenvalue weighted by Crippen LogP contribution is 2.18. The Morgan fingerprint density at radius 3 is 2.00 bits per heavy atom. The number of hydrogen-bond acceptors (Lipinski definition) is 4. The lowest BCUT2D eigenvalue weighted by atomic mass is 10.2. The molecule has 0 saturated heterocycles. The Kier molecular flexibility index (Phi) is 9.23. The Balaban J connectivity index is 2.45. The molecule has 0 radical (unpaired) electrons. The first-order valence-corrected chi connectivity index (χ1v) is 10.1. The molecule has 1 rings (SSSR count). The van der Waals surface area contributed by atoms with Gasteiger partial charge in [-0.1, -0.05) is 29.8 Å². The Bertz CT molecular complexity index is 417. The number of nitrogens with zero attached hydrogens (tertiary/aromatic N) is 1. The van der Waals surface area contributed by atoms with Crippen LogP contribution in [0.2, 0.25) is 6.04 Å². The molecule has 1 aromatic rings. The fraction of sp³-hybridized carbons (Fsp3) is 0.588. The lowest BCUT2D eigenvalue weighted by Crippen LogP contribution is -2.46. The van der Waals surface area contributed by atoms with Gasteiger partial charge >= 0.3 is 8.80 Å². The summed E-state index contributed by atoms with van der Waals surface area (Å²) in [6.45, 7) is 10.7. The van der Waals surface area contributed by atoms with E-state index >= 15 is 0 Å². The van der Waals surface area contributed by atoms with Gasteiger partial charge < -0.3 is 13.3 Å². The number of aliphatic imine (C=N–C) groups is 1. The average molecular weight is 324 g/mol. The molecule has 0 fully saturated rings. The lowest BCUT2D eigenvalue weighted by molar-refractivity contribution is 0.0710. The molecule has 0 amide bonds. The normalized spacial score (nSPS) is 12.2. The maximum absolute atomic E-state index is 5.83. The van der Waals surface area contributed by atoms with Crippen molar-refractivity contribution in [3.8, 4) is 0 Å². The molecule has 1 aromatic carbocycles. The van der Waals surface area contributed by atoms with Gasteiger partial charge in [0.15, 0.2) is 0 Å². The van der Waals surface area contributed by atoms with E-state index in [1.807, 2.05) is 27.0 Å². The molecule has 0 heterocycles. The van der Waals surface area contributed by atoms with E-state index in [1.165, 1.54) is 5.56 Å². The molecule has 4 nitrogen and oxygen atoms in total. The van der Waals surface area contributed by atoms with Gasteiger partial charge in [0, 0.05) is 38.6 Å². The zero-order valence-corrected chi connectivity index (χ0v) is 15.3. The number of hydrogen-bond donors (Lipinski definition) is 0. The van der Waals surface area contributed by atoms with Crippen molar-refractivity contribution in [2.75, 3.05) is 26.4 Å². The average Bonchev–Trinajstić information content (AvgIpc) is 2.50. The van der Waals surface area contributed by atoms with Crippen molar-refractivity contribution in [2.45, 2.75) is 40.2 Å². The first-order valence-electron chi connectivity index (χ1n) is 8.14. The first kappa shape index (κ1) is 19.0. The van der Waals surface area contributed by atoms with Crippen molar-refractivity contribution in [1.29, 1.82) is 0 Å². The molecular weight excluding hydrogens is 294 g/mol. The van der Waals surface area contributed by atoms with Crippen molar-refractivity contribution in [3.05, 3.63) is 35.4 Å². The van der Waals surface area contributed by atoms with E-state index in [0.29, 0.717) is 19.8 Å². The van der Waals surface area contributed by atoms with E-state index in [2.05, 4.69) is 36.2 Å². The molecule has 5 heteroatoms. The predicted molar refractivity (Wildman–Crippen MR) is 93.7 cm³/mol. The van der Waals surface area contributed by atoms with E-state index in [9.17, 15) is 0 Å². The minimum Gasteiger partial charge on any atom is -0.374 e. The summed E-state index contributed by atoms with van der Waals surface area (Å²) in [5, 5.41) is 0. The molecule has 0 saturated carbocycles. The Labute approximate surface area is 135 Å². The lowest BCUT2D eigenvalue weighted by Gasteiger charge is -2.28. The van der Waals surface area contributed by atoms with Gasteiger partial charge in [-0.15, -0.1) is 0 Å². The Hall–Kier alpha value is -1.01.